The van der Waals surface area contributed by atoms with Gasteiger partial charge in [0.1, 0.15) is 6.07 Å². The zero-order valence-corrected chi connectivity index (χ0v) is 12.3. The standard InChI is InChI=1S/C16H17N5O/c1-2-6-20-16(22)13-5-3-4-12(9-13)11-21-15-14(10-17)18-7-8-19-15/h3-5,7-9H,2,6,11H2,1H3,(H,19,21)(H,20,22). The van der Waals surface area contributed by atoms with Crippen LogP contribution in [0.2, 0.25) is 0 Å². The third-order valence-corrected chi connectivity index (χ3v) is 2.99. The van der Waals surface area contributed by atoms with Crippen molar-refractivity contribution >= 4 is 11.7 Å². The third-order valence-electron chi connectivity index (χ3n) is 2.99. The van der Waals surface area contributed by atoms with Gasteiger partial charge in [-0.3, -0.25) is 4.79 Å². The molecule has 0 saturated carbocycles. The number of hydrogen-bond acceptors (Lipinski definition) is 5. The molecule has 0 aliphatic carbocycles. The molecule has 2 aromatic rings. The van der Waals surface area contributed by atoms with E-state index in [4.69, 9.17) is 5.26 Å². The lowest BCUT2D eigenvalue weighted by Gasteiger charge is -2.08. The van der Waals surface area contributed by atoms with E-state index < -0.39 is 0 Å². The predicted molar refractivity (Wildman–Crippen MR) is 83.1 cm³/mol. The van der Waals surface area contributed by atoms with Crippen molar-refractivity contribution < 1.29 is 4.79 Å². The van der Waals surface area contributed by atoms with Crippen LogP contribution in [0.3, 0.4) is 0 Å². The molecule has 0 unspecified atom stereocenters. The Bertz CT molecular complexity index is 693. The van der Waals surface area contributed by atoms with Gasteiger partial charge in [-0.05, 0) is 24.1 Å². The van der Waals surface area contributed by atoms with Crippen molar-refractivity contribution in [3.63, 3.8) is 0 Å². The zero-order chi connectivity index (χ0) is 15.8. The van der Waals surface area contributed by atoms with E-state index in [-0.39, 0.29) is 11.6 Å². The minimum Gasteiger partial charge on any atom is -0.364 e. The molecule has 0 saturated heterocycles. The molecule has 1 amide bonds. The molecule has 0 spiro atoms. The number of hydrogen-bond donors (Lipinski definition) is 2. The van der Waals surface area contributed by atoms with Gasteiger partial charge in [0.05, 0.1) is 0 Å². The van der Waals surface area contributed by atoms with Crippen LogP contribution in [-0.2, 0) is 6.54 Å². The molecule has 0 bridgehead atoms. The van der Waals surface area contributed by atoms with E-state index >= 15 is 0 Å². The van der Waals surface area contributed by atoms with Crippen molar-refractivity contribution in [2.45, 2.75) is 19.9 Å². The molecule has 1 aromatic heterocycles. The quantitative estimate of drug-likeness (QED) is 0.851. The maximum Gasteiger partial charge on any atom is 0.251 e. The highest BCUT2D eigenvalue weighted by Crippen LogP contribution is 2.11. The molecule has 1 aromatic carbocycles. The van der Waals surface area contributed by atoms with Gasteiger partial charge in [0.2, 0.25) is 0 Å². The molecular weight excluding hydrogens is 278 g/mol. The summed E-state index contributed by atoms with van der Waals surface area (Å²) >= 11 is 0. The number of carbonyl (C=O) groups excluding carboxylic acids is 1. The van der Waals surface area contributed by atoms with Gasteiger partial charge in [0, 0.05) is 31.0 Å². The Morgan fingerprint density at radius 2 is 2.14 bits per heavy atom. The number of nitrogens with zero attached hydrogens (tertiary/aromatic N) is 3. The van der Waals surface area contributed by atoms with Gasteiger partial charge < -0.3 is 10.6 Å². The maximum absolute atomic E-state index is 11.9. The lowest BCUT2D eigenvalue weighted by Crippen LogP contribution is -2.24. The average molecular weight is 295 g/mol. The summed E-state index contributed by atoms with van der Waals surface area (Å²) in [4.78, 5) is 20.0. The molecule has 0 atom stereocenters. The molecule has 112 valence electrons. The summed E-state index contributed by atoms with van der Waals surface area (Å²) in [6.07, 6.45) is 3.90. The highest BCUT2D eigenvalue weighted by molar-refractivity contribution is 5.94. The number of anilines is 1. The monoisotopic (exact) mass is 295 g/mol. The van der Waals surface area contributed by atoms with Crippen LogP contribution in [0.25, 0.3) is 0 Å². The van der Waals surface area contributed by atoms with E-state index in [0.717, 1.165) is 12.0 Å². The summed E-state index contributed by atoms with van der Waals surface area (Å²) in [5.41, 5.74) is 1.80. The minimum absolute atomic E-state index is 0.0825. The van der Waals surface area contributed by atoms with Crippen LogP contribution in [0, 0.1) is 11.3 Å². The summed E-state index contributed by atoms with van der Waals surface area (Å²) in [6.45, 7) is 3.13. The molecule has 2 rings (SSSR count). The van der Waals surface area contributed by atoms with Gasteiger partial charge in [-0.2, -0.15) is 5.26 Å². The first kappa shape index (κ1) is 15.4. The van der Waals surface area contributed by atoms with E-state index in [9.17, 15) is 4.79 Å². The fourth-order valence-electron chi connectivity index (χ4n) is 1.90. The second kappa shape index (κ2) is 7.74. The number of nitrogens with one attached hydrogen (secondary N) is 2. The van der Waals surface area contributed by atoms with E-state index in [1.54, 1.807) is 6.07 Å². The summed E-state index contributed by atoms with van der Waals surface area (Å²) in [5, 5.41) is 14.9. The van der Waals surface area contributed by atoms with Crippen molar-refractivity contribution in [3.8, 4) is 6.07 Å². The highest BCUT2D eigenvalue weighted by Gasteiger charge is 2.07. The summed E-state index contributed by atoms with van der Waals surface area (Å²) < 4.78 is 0. The highest BCUT2D eigenvalue weighted by atomic mass is 16.1. The second-order valence-corrected chi connectivity index (χ2v) is 4.68. The Labute approximate surface area is 129 Å². The maximum atomic E-state index is 11.9. The number of aromatic nitrogens is 2. The van der Waals surface area contributed by atoms with E-state index in [1.807, 2.05) is 31.2 Å². The smallest absolute Gasteiger partial charge is 0.251 e. The van der Waals surface area contributed by atoms with Crippen molar-refractivity contribution in [3.05, 3.63) is 53.5 Å². The van der Waals surface area contributed by atoms with Crippen molar-refractivity contribution in [2.75, 3.05) is 11.9 Å². The van der Waals surface area contributed by atoms with Gasteiger partial charge in [0.25, 0.3) is 5.91 Å². The fourth-order valence-corrected chi connectivity index (χ4v) is 1.90. The topological polar surface area (TPSA) is 90.7 Å². The van der Waals surface area contributed by atoms with Crippen LogP contribution in [0.15, 0.2) is 36.7 Å². The Kier molecular flexibility index (Phi) is 5.44. The zero-order valence-electron chi connectivity index (χ0n) is 12.3. The van der Waals surface area contributed by atoms with Crippen molar-refractivity contribution in [2.24, 2.45) is 0 Å². The molecule has 1 heterocycles. The molecule has 6 nitrogen and oxygen atoms in total. The van der Waals surface area contributed by atoms with Crippen LogP contribution < -0.4 is 10.6 Å². The number of rotatable bonds is 6. The van der Waals surface area contributed by atoms with Crippen LogP contribution in [0.1, 0.15) is 35.0 Å². The third kappa shape index (κ3) is 4.03. The van der Waals surface area contributed by atoms with Crippen LogP contribution >= 0.6 is 0 Å². The summed E-state index contributed by atoms with van der Waals surface area (Å²) in [7, 11) is 0. The molecule has 2 N–H and O–H groups in total. The first-order valence-electron chi connectivity index (χ1n) is 7.06. The van der Waals surface area contributed by atoms with E-state index in [0.29, 0.717) is 24.5 Å². The van der Waals surface area contributed by atoms with Crippen LogP contribution in [0.4, 0.5) is 5.82 Å². The molecule has 0 aliphatic rings. The number of amides is 1. The SMILES string of the molecule is CCCNC(=O)c1cccc(CNc2nccnc2C#N)c1. The predicted octanol–water partition coefficient (Wildman–Crippen LogP) is 2.10. The van der Waals surface area contributed by atoms with Crippen molar-refractivity contribution in [1.29, 1.82) is 5.26 Å². The minimum atomic E-state index is -0.0825. The number of carbonyl (C=O) groups is 1. The Hall–Kier alpha value is -2.94. The van der Waals surface area contributed by atoms with Gasteiger partial charge in [0.15, 0.2) is 11.5 Å². The second-order valence-electron chi connectivity index (χ2n) is 4.68. The fraction of sp³-hybridized carbons (Fsp3) is 0.250. The molecule has 6 heteroatoms. The first-order chi connectivity index (χ1) is 10.7. The van der Waals surface area contributed by atoms with Gasteiger partial charge >= 0.3 is 0 Å². The van der Waals surface area contributed by atoms with Gasteiger partial charge in [-0.25, -0.2) is 9.97 Å². The van der Waals surface area contributed by atoms with E-state index in [2.05, 4.69) is 20.6 Å². The molecule has 0 fully saturated rings. The molecule has 0 radical (unpaired) electrons. The molecular formula is C16H17N5O. The van der Waals surface area contributed by atoms with Crippen molar-refractivity contribution in [1.82, 2.24) is 15.3 Å². The Balaban J connectivity index is 2.05. The molecule has 0 aliphatic heterocycles. The Morgan fingerprint density at radius 1 is 1.32 bits per heavy atom. The normalized spacial score (nSPS) is 9.82. The lowest BCUT2D eigenvalue weighted by atomic mass is 10.1. The van der Waals surface area contributed by atoms with E-state index in [1.165, 1.54) is 12.4 Å². The average Bonchev–Trinajstić information content (AvgIpc) is 2.58. The van der Waals surface area contributed by atoms with Gasteiger partial charge in [-0.15, -0.1) is 0 Å². The summed E-state index contributed by atoms with van der Waals surface area (Å²) in [6, 6.07) is 9.32. The van der Waals surface area contributed by atoms with Gasteiger partial charge in [-0.1, -0.05) is 19.1 Å². The lowest BCUT2D eigenvalue weighted by molar-refractivity contribution is 0.0953. The largest absolute Gasteiger partial charge is 0.364 e. The number of benzene rings is 1. The summed E-state index contributed by atoms with van der Waals surface area (Å²) in [5.74, 6) is 0.353. The van der Waals surface area contributed by atoms with Crippen LogP contribution in [0.5, 0.6) is 0 Å². The number of nitriles is 1. The molecule has 22 heavy (non-hydrogen) atoms. The van der Waals surface area contributed by atoms with Crippen LogP contribution in [-0.4, -0.2) is 22.4 Å². The Morgan fingerprint density at radius 3 is 2.91 bits per heavy atom. The first-order valence-corrected chi connectivity index (χ1v) is 7.06.